The molecule has 0 saturated heterocycles. The fraction of sp³-hybridized carbons (Fsp3) is 0.133. The van der Waals surface area contributed by atoms with Gasteiger partial charge in [0.15, 0.2) is 0 Å². The van der Waals surface area contributed by atoms with Crippen LogP contribution in [0.5, 0.6) is 5.75 Å². The number of rotatable bonds is 5. The van der Waals surface area contributed by atoms with Crippen LogP contribution < -0.4 is 9.46 Å². The van der Waals surface area contributed by atoms with E-state index in [0.717, 1.165) is 5.65 Å². The highest BCUT2D eigenvalue weighted by Crippen LogP contribution is 2.15. The number of sulfonamides is 1. The highest BCUT2D eigenvalue weighted by Gasteiger charge is 2.14. The topological polar surface area (TPSA) is 72.7 Å². The van der Waals surface area contributed by atoms with Crippen molar-refractivity contribution in [2.75, 3.05) is 7.11 Å². The molecule has 0 saturated carbocycles. The van der Waals surface area contributed by atoms with Gasteiger partial charge in [-0.05, 0) is 36.4 Å². The molecule has 2 aromatic heterocycles. The molecule has 3 aromatic rings. The number of methoxy groups -OCH3 is 1. The first kappa shape index (κ1) is 14.6. The molecule has 6 nitrogen and oxygen atoms in total. The molecule has 0 atom stereocenters. The van der Waals surface area contributed by atoms with E-state index in [1.54, 1.807) is 18.3 Å². The fourth-order valence-corrected chi connectivity index (χ4v) is 3.08. The molecule has 0 spiro atoms. The summed E-state index contributed by atoms with van der Waals surface area (Å²) in [6, 6.07) is 11.9. The first-order valence-electron chi connectivity index (χ1n) is 6.65. The molecule has 0 amide bonds. The number of nitrogens with zero attached hydrogens (tertiary/aromatic N) is 2. The number of nitrogens with one attached hydrogen (secondary N) is 1. The second-order valence-electron chi connectivity index (χ2n) is 4.70. The van der Waals surface area contributed by atoms with Crippen LogP contribution in [0.25, 0.3) is 5.65 Å². The van der Waals surface area contributed by atoms with Crippen molar-refractivity contribution >= 4 is 15.7 Å². The van der Waals surface area contributed by atoms with Crippen molar-refractivity contribution in [1.82, 2.24) is 14.1 Å². The van der Waals surface area contributed by atoms with E-state index in [-0.39, 0.29) is 11.4 Å². The van der Waals surface area contributed by atoms with E-state index in [1.807, 2.05) is 28.8 Å². The first-order valence-corrected chi connectivity index (χ1v) is 8.13. The number of fused-ring (bicyclic) bond motifs is 1. The van der Waals surface area contributed by atoms with Gasteiger partial charge in [0.05, 0.1) is 24.2 Å². The summed E-state index contributed by atoms with van der Waals surface area (Å²) in [7, 11) is -2.04. The van der Waals surface area contributed by atoms with Gasteiger partial charge in [0.2, 0.25) is 10.0 Å². The SMILES string of the molecule is COc1ccc(S(=O)(=O)NCc2cn3ccccc3n2)cc1. The molecule has 2 heterocycles. The maximum absolute atomic E-state index is 12.2. The Kier molecular flexibility index (Phi) is 3.82. The van der Waals surface area contributed by atoms with Gasteiger partial charge in [0, 0.05) is 12.4 Å². The van der Waals surface area contributed by atoms with Crippen LogP contribution >= 0.6 is 0 Å². The summed E-state index contributed by atoms with van der Waals surface area (Å²) in [5.74, 6) is 0.610. The van der Waals surface area contributed by atoms with Crippen LogP contribution in [0.2, 0.25) is 0 Å². The van der Waals surface area contributed by atoms with Crippen molar-refractivity contribution in [3.8, 4) is 5.75 Å². The van der Waals surface area contributed by atoms with Crippen LogP contribution in [0.4, 0.5) is 0 Å². The minimum absolute atomic E-state index is 0.135. The third-order valence-corrected chi connectivity index (χ3v) is 4.64. The highest BCUT2D eigenvalue weighted by atomic mass is 32.2. The molecule has 0 radical (unpaired) electrons. The normalized spacial score (nSPS) is 11.7. The largest absolute Gasteiger partial charge is 0.497 e. The molecule has 1 aromatic carbocycles. The standard InChI is InChI=1S/C15H15N3O3S/c1-21-13-5-7-14(8-6-13)22(19,20)16-10-12-11-18-9-3-2-4-15(18)17-12/h2-9,11,16H,10H2,1H3. The molecular formula is C15H15N3O3S. The minimum atomic E-state index is -3.58. The van der Waals surface area contributed by atoms with Crippen LogP contribution in [0, 0.1) is 0 Å². The lowest BCUT2D eigenvalue weighted by Crippen LogP contribution is -2.23. The quantitative estimate of drug-likeness (QED) is 0.779. The Morgan fingerprint density at radius 3 is 2.64 bits per heavy atom. The summed E-state index contributed by atoms with van der Waals surface area (Å²) in [6.45, 7) is 0.135. The Balaban J connectivity index is 1.76. The van der Waals surface area contributed by atoms with E-state index in [4.69, 9.17) is 4.74 Å². The number of aromatic nitrogens is 2. The van der Waals surface area contributed by atoms with Gasteiger partial charge in [-0.2, -0.15) is 0 Å². The Morgan fingerprint density at radius 1 is 1.18 bits per heavy atom. The van der Waals surface area contributed by atoms with Crippen LogP contribution in [-0.2, 0) is 16.6 Å². The summed E-state index contributed by atoms with van der Waals surface area (Å²) in [4.78, 5) is 4.54. The van der Waals surface area contributed by atoms with Gasteiger partial charge in [-0.15, -0.1) is 0 Å². The zero-order valence-electron chi connectivity index (χ0n) is 11.9. The maximum atomic E-state index is 12.2. The molecular weight excluding hydrogens is 302 g/mol. The number of benzene rings is 1. The van der Waals surface area contributed by atoms with E-state index in [9.17, 15) is 8.42 Å². The Hall–Kier alpha value is -2.38. The zero-order valence-corrected chi connectivity index (χ0v) is 12.7. The van der Waals surface area contributed by atoms with Gasteiger partial charge < -0.3 is 9.14 Å². The lowest BCUT2D eigenvalue weighted by Gasteiger charge is -2.06. The highest BCUT2D eigenvalue weighted by molar-refractivity contribution is 7.89. The average molecular weight is 317 g/mol. The van der Waals surface area contributed by atoms with Crippen LogP contribution in [0.3, 0.4) is 0 Å². The van der Waals surface area contributed by atoms with Crippen molar-refractivity contribution < 1.29 is 13.2 Å². The Bertz CT molecular complexity index is 853. The number of hydrogen-bond donors (Lipinski definition) is 1. The van der Waals surface area contributed by atoms with Crippen molar-refractivity contribution in [3.05, 3.63) is 60.6 Å². The van der Waals surface area contributed by atoms with E-state index in [2.05, 4.69) is 9.71 Å². The van der Waals surface area contributed by atoms with Crippen LogP contribution in [0.1, 0.15) is 5.69 Å². The monoisotopic (exact) mass is 317 g/mol. The summed E-state index contributed by atoms with van der Waals surface area (Å²) in [6.07, 6.45) is 3.66. The molecule has 3 rings (SSSR count). The number of imidazole rings is 1. The van der Waals surface area contributed by atoms with E-state index in [1.165, 1.54) is 19.2 Å². The van der Waals surface area contributed by atoms with Gasteiger partial charge in [0.25, 0.3) is 0 Å². The Morgan fingerprint density at radius 2 is 1.95 bits per heavy atom. The zero-order chi connectivity index (χ0) is 15.6. The predicted molar refractivity (Wildman–Crippen MR) is 82.2 cm³/mol. The molecule has 0 unspecified atom stereocenters. The number of ether oxygens (including phenoxy) is 1. The van der Waals surface area contributed by atoms with Crippen LogP contribution in [0.15, 0.2) is 59.8 Å². The van der Waals surface area contributed by atoms with Gasteiger partial charge >= 0.3 is 0 Å². The molecule has 0 aliphatic carbocycles. The summed E-state index contributed by atoms with van der Waals surface area (Å²) < 4.78 is 33.9. The predicted octanol–water partition coefficient (Wildman–Crippen LogP) is 1.82. The summed E-state index contributed by atoms with van der Waals surface area (Å²) in [5.41, 5.74) is 1.43. The summed E-state index contributed by atoms with van der Waals surface area (Å²) >= 11 is 0. The van der Waals surface area contributed by atoms with E-state index in [0.29, 0.717) is 11.4 Å². The van der Waals surface area contributed by atoms with E-state index < -0.39 is 10.0 Å². The number of hydrogen-bond acceptors (Lipinski definition) is 4. The molecule has 114 valence electrons. The van der Waals surface area contributed by atoms with Gasteiger partial charge in [0.1, 0.15) is 11.4 Å². The average Bonchev–Trinajstić information content (AvgIpc) is 2.96. The molecule has 1 N–H and O–H groups in total. The second-order valence-corrected chi connectivity index (χ2v) is 6.47. The lowest BCUT2D eigenvalue weighted by atomic mass is 10.3. The second kappa shape index (κ2) is 5.78. The molecule has 0 aliphatic rings. The van der Waals surface area contributed by atoms with Gasteiger partial charge in [-0.1, -0.05) is 6.07 Å². The van der Waals surface area contributed by atoms with Crippen LogP contribution in [-0.4, -0.2) is 24.9 Å². The Labute approximate surface area is 128 Å². The molecule has 0 fully saturated rings. The van der Waals surface area contributed by atoms with E-state index >= 15 is 0 Å². The molecule has 0 bridgehead atoms. The minimum Gasteiger partial charge on any atom is -0.497 e. The first-order chi connectivity index (χ1) is 10.6. The van der Waals surface area contributed by atoms with Crippen molar-refractivity contribution in [2.24, 2.45) is 0 Å². The molecule has 0 aliphatic heterocycles. The maximum Gasteiger partial charge on any atom is 0.240 e. The summed E-state index contributed by atoms with van der Waals surface area (Å²) in [5, 5.41) is 0. The molecule has 7 heteroatoms. The lowest BCUT2D eigenvalue weighted by molar-refractivity contribution is 0.414. The van der Waals surface area contributed by atoms with Gasteiger partial charge in [-0.3, -0.25) is 0 Å². The van der Waals surface area contributed by atoms with Crippen molar-refractivity contribution in [3.63, 3.8) is 0 Å². The van der Waals surface area contributed by atoms with Crippen molar-refractivity contribution in [2.45, 2.75) is 11.4 Å². The molecule has 22 heavy (non-hydrogen) atoms. The number of pyridine rings is 1. The fourth-order valence-electron chi connectivity index (χ4n) is 2.08. The third kappa shape index (κ3) is 2.95. The van der Waals surface area contributed by atoms with Crippen molar-refractivity contribution in [1.29, 1.82) is 0 Å². The van der Waals surface area contributed by atoms with Gasteiger partial charge in [-0.25, -0.2) is 18.1 Å². The smallest absolute Gasteiger partial charge is 0.240 e. The third-order valence-electron chi connectivity index (χ3n) is 3.23.